The molecule has 0 aliphatic heterocycles. The van der Waals surface area contributed by atoms with Crippen LogP contribution in [0.4, 0.5) is 0 Å². The number of hydrogen-bond donors (Lipinski definition) is 1. The van der Waals surface area contributed by atoms with Crippen molar-refractivity contribution < 1.29 is 8.42 Å². The number of imidazole rings is 1. The van der Waals surface area contributed by atoms with Crippen LogP contribution in [0.1, 0.15) is 0 Å². The third-order valence-electron chi connectivity index (χ3n) is 3.12. The number of thiazole rings is 1. The zero-order valence-corrected chi connectivity index (χ0v) is 14.5. The van der Waals surface area contributed by atoms with Gasteiger partial charge in [0.25, 0.3) is 10.0 Å². The van der Waals surface area contributed by atoms with Crippen molar-refractivity contribution in [3.63, 3.8) is 0 Å². The van der Waals surface area contributed by atoms with Crippen molar-refractivity contribution in [2.45, 2.75) is 5.03 Å². The Morgan fingerprint density at radius 2 is 2.04 bits per heavy atom. The van der Waals surface area contributed by atoms with Crippen molar-refractivity contribution in [2.75, 3.05) is 4.83 Å². The molecule has 0 saturated carbocycles. The van der Waals surface area contributed by atoms with Gasteiger partial charge in [-0.2, -0.15) is 23.1 Å². The second-order valence-corrected chi connectivity index (χ2v) is 7.28. The van der Waals surface area contributed by atoms with Crippen molar-refractivity contribution in [3.8, 4) is 0 Å². The number of hydrogen-bond acceptors (Lipinski definition) is 5. The Morgan fingerprint density at radius 3 is 2.87 bits per heavy atom. The Morgan fingerprint density at radius 1 is 1.26 bits per heavy atom. The van der Waals surface area contributed by atoms with E-state index in [4.69, 9.17) is 11.6 Å². The first-order valence-corrected chi connectivity index (χ1v) is 8.87. The van der Waals surface area contributed by atoms with Crippen LogP contribution in [0.25, 0.3) is 15.9 Å². The lowest BCUT2D eigenvalue weighted by Gasteiger charge is -2.08. The van der Waals surface area contributed by atoms with Gasteiger partial charge in [-0.25, -0.2) is 4.98 Å². The normalized spacial score (nSPS) is 11.7. The highest BCUT2D eigenvalue weighted by atomic mass is 35.5. The molecule has 0 bridgehead atoms. The molecule has 7 nitrogen and oxygen atoms in total. The van der Waals surface area contributed by atoms with Gasteiger partial charge < -0.3 is 0 Å². The number of para-hydroxylation sites is 1. The quantitative estimate of drug-likeness (QED) is 0.583. The van der Waals surface area contributed by atoms with Crippen LogP contribution in [0.15, 0.2) is 47.1 Å². The molecule has 23 heavy (non-hydrogen) atoms. The van der Waals surface area contributed by atoms with Crippen molar-refractivity contribution >= 4 is 61.2 Å². The lowest BCUT2D eigenvalue weighted by Crippen LogP contribution is -2.25. The zero-order chi connectivity index (χ0) is 15.3. The van der Waals surface area contributed by atoms with E-state index >= 15 is 0 Å². The summed E-state index contributed by atoms with van der Waals surface area (Å²) >= 11 is 7.28. The molecular formula is C12H9Cl2N5O2S2. The highest BCUT2D eigenvalue weighted by molar-refractivity contribution is 7.92. The lowest BCUT2D eigenvalue weighted by atomic mass is 10.3. The average molecular weight is 390 g/mol. The molecule has 1 aromatic carbocycles. The molecule has 0 unspecified atom stereocenters. The van der Waals surface area contributed by atoms with Crippen LogP contribution >= 0.6 is 35.3 Å². The molecule has 0 atom stereocenters. The van der Waals surface area contributed by atoms with Crippen LogP contribution in [0.3, 0.4) is 0 Å². The van der Waals surface area contributed by atoms with Gasteiger partial charge in [-0.15, -0.1) is 23.7 Å². The standard InChI is InChI=1S/C12H8ClN5O2S2.ClH/c13-10-11(17-5-6-21-12(17)15-10)22(19,20)16-18-9-4-2-1-3-8(9)7-14-18;/h1-7,16H;1H. The van der Waals surface area contributed by atoms with Crippen molar-refractivity contribution in [1.29, 1.82) is 0 Å². The summed E-state index contributed by atoms with van der Waals surface area (Å²) in [4.78, 5) is 8.14. The Labute approximate surface area is 145 Å². The maximum absolute atomic E-state index is 12.6. The third-order valence-corrected chi connectivity index (χ3v) is 5.56. The summed E-state index contributed by atoms with van der Waals surface area (Å²) < 4.78 is 26.7. The minimum atomic E-state index is -3.93. The molecule has 0 radical (unpaired) electrons. The molecule has 0 saturated heterocycles. The van der Waals surface area contributed by atoms with Crippen molar-refractivity contribution in [2.24, 2.45) is 0 Å². The molecule has 0 fully saturated rings. The van der Waals surface area contributed by atoms with Gasteiger partial charge in [0.05, 0.1) is 11.7 Å². The van der Waals surface area contributed by atoms with E-state index < -0.39 is 10.0 Å². The largest absolute Gasteiger partial charge is 0.295 e. The van der Waals surface area contributed by atoms with Crippen LogP contribution in [-0.2, 0) is 10.0 Å². The van der Waals surface area contributed by atoms with Gasteiger partial charge in [-0.1, -0.05) is 29.8 Å². The number of nitrogens with one attached hydrogen (secondary N) is 1. The monoisotopic (exact) mass is 389 g/mol. The smallest absolute Gasteiger partial charge is 0.278 e. The van der Waals surface area contributed by atoms with Crippen molar-refractivity contribution in [3.05, 3.63) is 47.2 Å². The van der Waals surface area contributed by atoms with E-state index in [1.165, 1.54) is 20.5 Å². The second kappa shape index (κ2) is 5.68. The Bertz CT molecular complexity index is 1100. The molecular weight excluding hydrogens is 381 g/mol. The number of aromatic nitrogens is 4. The fraction of sp³-hybridized carbons (Fsp3) is 0. The van der Waals surface area contributed by atoms with Gasteiger partial charge in [-0.05, 0) is 6.07 Å². The molecule has 120 valence electrons. The van der Waals surface area contributed by atoms with E-state index in [1.807, 2.05) is 12.1 Å². The SMILES string of the molecule is Cl.O=S(=O)(Nn1ncc2ccccc21)c1c(Cl)nc2sccn12. The first-order chi connectivity index (χ1) is 10.6. The van der Waals surface area contributed by atoms with Crippen LogP contribution < -0.4 is 4.83 Å². The van der Waals surface area contributed by atoms with Crippen LogP contribution in [0, 0.1) is 0 Å². The molecule has 3 heterocycles. The van der Waals surface area contributed by atoms with Gasteiger partial charge in [0.1, 0.15) is 0 Å². The van der Waals surface area contributed by atoms with E-state index in [-0.39, 0.29) is 22.6 Å². The van der Waals surface area contributed by atoms with Crippen LogP contribution in [0.2, 0.25) is 5.15 Å². The summed E-state index contributed by atoms with van der Waals surface area (Å²) in [5, 5.41) is 6.43. The fourth-order valence-corrected chi connectivity index (χ4v) is 4.61. The highest BCUT2D eigenvalue weighted by Gasteiger charge is 2.26. The van der Waals surface area contributed by atoms with Gasteiger partial charge in [0, 0.05) is 17.0 Å². The van der Waals surface area contributed by atoms with E-state index in [2.05, 4.69) is 14.9 Å². The maximum Gasteiger partial charge on any atom is 0.295 e. The molecule has 3 aromatic heterocycles. The zero-order valence-electron chi connectivity index (χ0n) is 11.2. The Kier molecular flexibility index (Phi) is 3.96. The van der Waals surface area contributed by atoms with Gasteiger partial charge in [0.2, 0.25) is 5.03 Å². The first kappa shape index (κ1) is 16.1. The molecule has 4 rings (SSSR count). The van der Waals surface area contributed by atoms with E-state index in [0.717, 1.165) is 5.39 Å². The van der Waals surface area contributed by atoms with E-state index in [0.29, 0.717) is 10.5 Å². The molecule has 4 aromatic rings. The minimum Gasteiger partial charge on any atom is -0.278 e. The van der Waals surface area contributed by atoms with Gasteiger partial charge >= 0.3 is 0 Å². The number of nitrogens with zero attached hydrogens (tertiary/aromatic N) is 4. The second-order valence-electron chi connectivity index (χ2n) is 4.47. The molecule has 0 aliphatic carbocycles. The van der Waals surface area contributed by atoms with Crippen LogP contribution in [-0.4, -0.2) is 27.7 Å². The first-order valence-electron chi connectivity index (χ1n) is 6.13. The number of fused-ring (bicyclic) bond motifs is 2. The van der Waals surface area contributed by atoms with Crippen LogP contribution in [0.5, 0.6) is 0 Å². The number of rotatable bonds is 3. The van der Waals surface area contributed by atoms with E-state index in [9.17, 15) is 8.42 Å². The number of benzene rings is 1. The van der Waals surface area contributed by atoms with Crippen molar-refractivity contribution in [1.82, 2.24) is 19.3 Å². The Balaban J connectivity index is 0.00000156. The number of halogens is 2. The summed E-state index contributed by atoms with van der Waals surface area (Å²) in [5.41, 5.74) is 0.647. The van der Waals surface area contributed by atoms with Gasteiger partial charge in [-0.3, -0.25) is 4.40 Å². The molecule has 1 N–H and O–H groups in total. The lowest BCUT2D eigenvalue weighted by molar-refractivity contribution is 0.588. The summed E-state index contributed by atoms with van der Waals surface area (Å²) in [6.45, 7) is 0. The fourth-order valence-electron chi connectivity index (χ4n) is 2.18. The minimum absolute atomic E-state index is 0. The summed E-state index contributed by atoms with van der Waals surface area (Å²) in [6, 6.07) is 7.27. The third kappa shape index (κ3) is 2.55. The van der Waals surface area contributed by atoms with E-state index in [1.54, 1.807) is 29.9 Å². The van der Waals surface area contributed by atoms with Gasteiger partial charge in [0.15, 0.2) is 10.1 Å². The molecule has 11 heteroatoms. The summed E-state index contributed by atoms with van der Waals surface area (Å²) in [7, 11) is -3.93. The molecule has 0 amide bonds. The number of sulfonamides is 1. The topological polar surface area (TPSA) is 81.3 Å². The molecule has 0 spiro atoms. The predicted octanol–water partition coefficient (Wildman–Crippen LogP) is 2.75. The summed E-state index contributed by atoms with van der Waals surface area (Å²) in [5.74, 6) is 0. The maximum atomic E-state index is 12.6. The highest BCUT2D eigenvalue weighted by Crippen LogP contribution is 2.26. The average Bonchev–Trinajstić information content (AvgIpc) is 3.13. The molecule has 0 aliphatic rings. The summed E-state index contributed by atoms with van der Waals surface area (Å²) in [6.07, 6.45) is 3.19. The Hall–Kier alpha value is -1.81. The predicted molar refractivity (Wildman–Crippen MR) is 91.6 cm³/mol.